The van der Waals surface area contributed by atoms with Crippen molar-refractivity contribution in [2.45, 2.75) is 6.04 Å². The van der Waals surface area contributed by atoms with Gasteiger partial charge in [0, 0.05) is 23.0 Å². The van der Waals surface area contributed by atoms with E-state index in [1.54, 1.807) is 24.7 Å². The highest BCUT2D eigenvalue weighted by molar-refractivity contribution is 6.30. The Bertz CT molecular complexity index is 910. The molecule has 0 amide bonds. The van der Waals surface area contributed by atoms with Crippen LogP contribution in [0.15, 0.2) is 72.4 Å². The minimum absolute atomic E-state index is 0.0976. The van der Waals surface area contributed by atoms with Crippen molar-refractivity contribution < 1.29 is 14.3 Å². The predicted molar refractivity (Wildman–Crippen MR) is 103 cm³/mol. The molecule has 6 nitrogen and oxygen atoms in total. The zero-order valence-corrected chi connectivity index (χ0v) is 15.2. The molecule has 2 heterocycles. The Kier molecular flexibility index (Phi) is 5.25. The number of imidazole rings is 1. The van der Waals surface area contributed by atoms with Crippen LogP contribution in [0.2, 0.25) is 5.02 Å². The summed E-state index contributed by atoms with van der Waals surface area (Å²) in [6.45, 7) is 1.18. The van der Waals surface area contributed by atoms with Crippen LogP contribution >= 0.6 is 11.6 Å². The average molecular weight is 384 g/mol. The first-order valence-electron chi connectivity index (χ1n) is 8.59. The Hall–Kier alpha value is -2.99. The van der Waals surface area contributed by atoms with Gasteiger partial charge in [-0.2, -0.15) is 0 Å². The fourth-order valence-electron chi connectivity index (χ4n) is 2.87. The predicted octanol–water partition coefficient (Wildman–Crippen LogP) is 3.97. The summed E-state index contributed by atoms with van der Waals surface area (Å²) in [5.41, 5.74) is 1.72. The van der Waals surface area contributed by atoms with Gasteiger partial charge in [-0.3, -0.25) is 0 Å². The van der Waals surface area contributed by atoms with E-state index in [1.807, 2.05) is 47.2 Å². The molecule has 1 aliphatic heterocycles. The van der Waals surface area contributed by atoms with E-state index in [1.165, 1.54) is 0 Å². The molecule has 1 atom stereocenters. The molecule has 0 N–H and O–H groups in total. The van der Waals surface area contributed by atoms with Crippen molar-refractivity contribution in [3.63, 3.8) is 0 Å². The number of benzene rings is 2. The number of oxime groups is 1. The highest BCUT2D eigenvalue weighted by Gasteiger charge is 2.28. The molecule has 138 valence electrons. The van der Waals surface area contributed by atoms with Gasteiger partial charge >= 0.3 is 0 Å². The number of rotatable bonds is 6. The number of fused-ring (bicyclic) bond motifs is 1. The van der Waals surface area contributed by atoms with Gasteiger partial charge in [-0.25, -0.2) is 4.98 Å². The maximum Gasteiger partial charge on any atom is 0.151 e. The normalized spacial score (nSPS) is 17.2. The molecule has 1 aromatic heterocycles. The van der Waals surface area contributed by atoms with Crippen LogP contribution in [0.3, 0.4) is 0 Å². The van der Waals surface area contributed by atoms with E-state index in [2.05, 4.69) is 10.1 Å². The van der Waals surface area contributed by atoms with Gasteiger partial charge in [-0.15, -0.1) is 0 Å². The molecule has 27 heavy (non-hydrogen) atoms. The highest BCUT2D eigenvalue weighted by atomic mass is 35.5. The smallest absolute Gasteiger partial charge is 0.151 e. The minimum atomic E-state index is -0.0976. The molecule has 0 bridgehead atoms. The lowest BCUT2D eigenvalue weighted by atomic mass is 10.00. The quantitative estimate of drug-likeness (QED) is 0.477. The van der Waals surface area contributed by atoms with E-state index < -0.39 is 0 Å². The van der Waals surface area contributed by atoms with Crippen molar-refractivity contribution in [1.82, 2.24) is 9.55 Å². The van der Waals surface area contributed by atoms with Crippen LogP contribution in [0.1, 0.15) is 11.6 Å². The fraction of sp³-hybridized carbons (Fsp3) is 0.200. The Morgan fingerprint density at radius 3 is 2.81 bits per heavy atom. The summed E-state index contributed by atoms with van der Waals surface area (Å²) >= 11 is 5.86. The van der Waals surface area contributed by atoms with Crippen molar-refractivity contribution in [2.24, 2.45) is 5.16 Å². The first kappa shape index (κ1) is 17.4. The lowest BCUT2D eigenvalue weighted by molar-refractivity contribution is 0.105. The lowest BCUT2D eigenvalue weighted by Crippen LogP contribution is -2.31. The van der Waals surface area contributed by atoms with Crippen LogP contribution in [0.5, 0.6) is 11.5 Å². The van der Waals surface area contributed by atoms with Gasteiger partial charge < -0.3 is 18.9 Å². The number of aromatic nitrogens is 2. The molecule has 7 heteroatoms. The second-order valence-electron chi connectivity index (χ2n) is 5.94. The molecule has 0 radical (unpaired) electrons. The molecule has 3 aromatic rings. The largest absolute Gasteiger partial charge is 0.490 e. The van der Waals surface area contributed by atoms with Crippen LogP contribution in [0, 0.1) is 0 Å². The molecule has 0 saturated heterocycles. The van der Waals surface area contributed by atoms with E-state index in [0.29, 0.717) is 24.8 Å². The van der Waals surface area contributed by atoms with Gasteiger partial charge in [-0.1, -0.05) is 28.9 Å². The summed E-state index contributed by atoms with van der Waals surface area (Å²) in [6, 6.07) is 14.9. The molecule has 2 aromatic carbocycles. The second-order valence-corrected chi connectivity index (χ2v) is 6.38. The number of para-hydroxylation sites is 1. The summed E-state index contributed by atoms with van der Waals surface area (Å²) in [7, 11) is 0. The third-order valence-corrected chi connectivity index (χ3v) is 4.43. The van der Waals surface area contributed by atoms with Crippen molar-refractivity contribution in [1.29, 1.82) is 0 Å². The van der Waals surface area contributed by atoms with Crippen LogP contribution < -0.4 is 9.47 Å². The number of hydrogen-bond donors (Lipinski definition) is 0. The van der Waals surface area contributed by atoms with Gasteiger partial charge in [0.25, 0.3) is 0 Å². The number of hydrogen-bond acceptors (Lipinski definition) is 5. The molecule has 4 rings (SSSR count). The van der Waals surface area contributed by atoms with Crippen LogP contribution in [-0.2, 0) is 4.84 Å². The molecular weight excluding hydrogens is 366 g/mol. The first-order chi connectivity index (χ1) is 13.3. The van der Waals surface area contributed by atoms with Gasteiger partial charge in [-0.05, 0) is 36.4 Å². The molecule has 0 saturated carbocycles. The molecule has 1 unspecified atom stereocenters. The molecule has 0 aliphatic carbocycles. The maximum absolute atomic E-state index is 5.86. The zero-order chi connectivity index (χ0) is 18.5. The van der Waals surface area contributed by atoms with Gasteiger partial charge in [0.1, 0.15) is 36.5 Å². The SMILES string of the molecule is Clc1ccc(OCCO/N=C2\c3ccccc3OCC2n2ccnc2)cc1. The minimum Gasteiger partial charge on any atom is -0.490 e. The van der Waals surface area contributed by atoms with E-state index >= 15 is 0 Å². The van der Waals surface area contributed by atoms with E-state index in [4.69, 9.17) is 25.9 Å². The van der Waals surface area contributed by atoms with E-state index in [0.717, 1.165) is 22.8 Å². The third kappa shape index (κ3) is 4.06. The summed E-state index contributed by atoms with van der Waals surface area (Å²) in [4.78, 5) is 9.67. The fourth-order valence-corrected chi connectivity index (χ4v) is 2.99. The zero-order valence-electron chi connectivity index (χ0n) is 14.5. The van der Waals surface area contributed by atoms with Crippen LogP contribution in [0.4, 0.5) is 0 Å². The van der Waals surface area contributed by atoms with E-state index in [-0.39, 0.29) is 6.04 Å². The van der Waals surface area contributed by atoms with Gasteiger partial charge in [0.2, 0.25) is 0 Å². The van der Waals surface area contributed by atoms with Gasteiger partial charge in [0.05, 0.1) is 6.33 Å². The van der Waals surface area contributed by atoms with Crippen LogP contribution in [0.25, 0.3) is 0 Å². The standard InChI is InChI=1S/C20H18ClN3O3/c21-15-5-7-16(8-6-15)25-11-12-27-23-20-17-3-1-2-4-19(17)26-13-18(20)24-10-9-22-14-24/h1-10,14,18H,11-13H2/b23-20+. The van der Waals surface area contributed by atoms with Crippen molar-refractivity contribution in [3.8, 4) is 11.5 Å². The molecule has 0 spiro atoms. The molecule has 0 fully saturated rings. The topological polar surface area (TPSA) is 57.9 Å². The number of halogens is 1. The summed E-state index contributed by atoms with van der Waals surface area (Å²) < 4.78 is 13.5. The third-order valence-electron chi connectivity index (χ3n) is 4.18. The second kappa shape index (κ2) is 8.14. The van der Waals surface area contributed by atoms with E-state index in [9.17, 15) is 0 Å². The number of nitrogens with zero attached hydrogens (tertiary/aromatic N) is 3. The Morgan fingerprint density at radius 2 is 2.00 bits per heavy atom. The van der Waals surface area contributed by atoms with Crippen molar-refractivity contribution in [3.05, 3.63) is 77.8 Å². The van der Waals surface area contributed by atoms with Crippen molar-refractivity contribution >= 4 is 17.3 Å². The van der Waals surface area contributed by atoms with Crippen molar-refractivity contribution in [2.75, 3.05) is 19.8 Å². The highest BCUT2D eigenvalue weighted by Crippen LogP contribution is 2.30. The Balaban J connectivity index is 1.44. The first-order valence-corrected chi connectivity index (χ1v) is 8.97. The molecule has 1 aliphatic rings. The Labute approximate surface area is 161 Å². The monoisotopic (exact) mass is 383 g/mol. The van der Waals surface area contributed by atoms with Gasteiger partial charge in [0.15, 0.2) is 6.61 Å². The maximum atomic E-state index is 5.86. The lowest BCUT2D eigenvalue weighted by Gasteiger charge is -2.27. The summed E-state index contributed by atoms with van der Waals surface area (Å²) in [5.74, 6) is 1.54. The Morgan fingerprint density at radius 1 is 1.15 bits per heavy atom. The average Bonchev–Trinajstić information content (AvgIpc) is 3.23. The summed E-state index contributed by atoms with van der Waals surface area (Å²) in [5, 5.41) is 5.07. The molecular formula is C20H18ClN3O3. The van der Waals surface area contributed by atoms with Crippen LogP contribution in [-0.4, -0.2) is 35.1 Å². The summed E-state index contributed by atoms with van der Waals surface area (Å²) in [6.07, 6.45) is 5.38. The number of ether oxygens (including phenoxy) is 2.